The standard InChI is InChI=1S/C12H10IN3O2/c1-7-8(13)3-2-4-9(7)14-11-6-5-10(12(17)18)15-16-11/h2-6H,1H3,(H,14,16)(H,17,18). The van der Waals surface area contributed by atoms with Gasteiger partial charge < -0.3 is 10.4 Å². The molecule has 2 aromatic rings. The molecule has 2 rings (SSSR count). The third kappa shape index (κ3) is 2.76. The van der Waals surface area contributed by atoms with Crippen LogP contribution >= 0.6 is 22.6 Å². The van der Waals surface area contributed by atoms with E-state index in [0.29, 0.717) is 5.82 Å². The number of nitrogens with zero attached hydrogens (tertiary/aromatic N) is 2. The number of hydrogen-bond donors (Lipinski definition) is 2. The minimum absolute atomic E-state index is 0.0695. The van der Waals surface area contributed by atoms with Gasteiger partial charge in [-0.15, -0.1) is 10.2 Å². The first-order valence-corrected chi connectivity index (χ1v) is 6.25. The van der Waals surface area contributed by atoms with Gasteiger partial charge in [0.1, 0.15) is 0 Å². The number of carboxylic acids is 1. The largest absolute Gasteiger partial charge is 0.476 e. The summed E-state index contributed by atoms with van der Waals surface area (Å²) in [5, 5.41) is 19.3. The number of carbonyl (C=O) groups is 1. The Bertz CT molecular complexity index is 584. The van der Waals surface area contributed by atoms with Gasteiger partial charge in [0, 0.05) is 9.26 Å². The summed E-state index contributed by atoms with van der Waals surface area (Å²) in [6, 6.07) is 8.90. The summed E-state index contributed by atoms with van der Waals surface area (Å²) in [7, 11) is 0. The number of benzene rings is 1. The maximum Gasteiger partial charge on any atom is 0.356 e. The van der Waals surface area contributed by atoms with Crippen molar-refractivity contribution in [1.82, 2.24) is 10.2 Å². The van der Waals surface area contributed by atoms with Crippen LogP contribution in [0.15, 0.2) is 30.3 Å². The topological polar surface area (TPSA) is 75.1 Å². The molecule has 0 atom stereocenters. The second-order valence-electron chi connectivity index (χ2n) is 3.65. The molecule has 2 N–H and O–H groups in total. The molecule has 0 bridgehead atoms. The van der Waals surface area contributed by atoms with Gasteiger partial charge in [-0.05, 0) is 59.3 Å². The molecular formula is C12H10IN3O2. The summed E-state index contributed by atoms with van der Waals surface area (Å²) in [6.07, 6.45) is 0. The third-order valence-electron chi connectivity index (χ3n) is 2.41. The third-order valence-corrected chi connectivity index (χ3v) is 3.58. The lowest BCUT2D eigenvalue weighted by molar-refractivity contribution is 0.0689. The van der Waals surface area contributed by atoms with E-state index in [1.807, 2.05) is 25.1 Å². The van der Waals surface area contributed by atoms with Crippen molar-refractivity contribution < 1.29 is 9.90 Å². The zero-order valence-electron chi connectivity index (χ0n) is 9.51. The molecule has 1 aromatic carbocycles. The van der Waals surface area contributed by atoms with E-state index in [-0.39, 0.29) is 5.69 Å². The van der Waals surface area contributed by atoms with Crippen molar-refractivity contribution >= 4 is 40.1 Å². The van der Waals surface area contributed by atoms with Crippen molar-refractivity contribution in [2.24, 2.45) is 0 Å². The summed E-state index contributed by atoms with van der Waals surface area (Å²) in [5.74, 6) is -0.565. The lowest BCUT2D eigenvalue weighted by Gasteiger charge is -2.09. The highest BCUT2D eigenvalue weighted by atomic mass is 127. The number of hydrogen-bond acceptors (Lipinski definition) is 4. The van der Waals surface area contributed by atoms with Gasteiger partial charge >= 0.3 is 5.97 Å². The van der Waals surface area contributed by atoms with Gasteiger partial charge in [0.2, 0.25) is 0 Å². The minimum Gasteiger partial charge on any atom is -0.476 e. The Morgan fingerprint density at radius 3 is 2.67 bits per heavy atom. The van der Waals surface area contributed by atoms with Crippen LogP contribution in [0.4, 0.5) is 11.5 Å². The zero-order valence-corrected chi connectivity index (χ0v) is 11.7. The van der Waals surface area contributed by atoms with Crippen molar-refractivity contribution in [2.45, 2.75) is 6.92 Å². The van der Waals surface area contributed by atoms with Crippen LogP contribution in [-0.4, -0.2) is 21.3 Å². The van der Waals surface area contributed by atoms with Crippen LogP contribution in [0.25, 0.3) is 0 Å². The van der Waals surface area contributed by atoms with E-state index >= 15 is 0 Å². The predicted octanol–water partition coefficient (Wildman–Crippen LogP) is 2.83. The maximum absolute atomic E-state index is 10.6. The number of aromatic carboxylic acids is 1. The maximum atomic E-state index is 10.6. The first-order valence-electron chi connectivity index (χ1n) is 5.17. The van der Waals surface area contributed by atoms with E-state index in [0.717, 1.165) is 14.8 Å². The molecular weight excluding hydrogens is 345 g/mol. The lowest BCUT2D eigenvalue weighted by atomic mass is 10.2. The summed E-state index contributed by atoms with van der Waals surface area (Å²) in [4.78, 5) is 10.6. The van der Waals surface area contributed by atoms with Crippen molar-refractivity contribution in [3.05, 3.63) is 45.2 Å². The van der Waals surface area contributed by atoms with Crippen LogP contribution in [-0.2, 0) is 0 Å². The molecule has 0 unspecified atom stereocenters. The molecule has 0 saturated carbocycles. The molecule has 0 amide bonds. The van der Waals surface area contributed by atoms with E-state index in [9.17, 15) is 4.79 Å². The van der Waals surface area contributed by atoms with E-state index < -0.39 is 5.97 Å². The van der Waals surface area contributed by atoms with Gasteiger partial charge in [-0.25, -0.2) is 4.79 Å². The summed E-state index contributed by atoms with van der Waals surface area (Å²) < 4.78 is 1.15. The van der Waals surface area contributed by atoms with Crippen molar-refractivity contribution in [3.8, 4) is 0 Å². The molecule has 6 heteroatoms. The fourth-order valence-corrected chi connectivity index (χ4v) is 1.89. The lowest BCUT2D eigenvalue weighted by Crippen LogP contribution is -2.04. The smallest absolute Gasteiger partial charge is 0.356 e. The summed E-state index contributed by atoms with van der Waals surface area (Å²) >= 11 is 2.25. The first kappa shape index (κ1) is 12.7. The molecule has 0 aliphatic rings. The Morgan fingerprint density at radius 1 is 1.28 bits per heavy atom. The average molecular weight is 355 g/mol. The second-order valence-corrected chi connectivity index (χ2v) is 4.81. The van der Waals surface area contributed by atoms with Crippen molar-refractivity contribution in [2.75, 3.05) is 5.32 Å². The van der Waals surface area contributed by atoms with Crippen LogP contribution in [0.2, 0.25) is 0 Å². The second kappa shape index (κ2) is 5.30. The number of nitrogens with one attached hydrogen (secondary N) is 1. The van der Waals surface area contributed by atoms with Crippen LogP contribution in [0.1, 0.15) is 16.1 Å². The fraction of sp³-hybridized carbons (Fsp3) is 0.0833. The molecule has 0 spiro atoms. The van der Waals surface area contributed by atoms with Crippen molar-refractivity contribution in [3.63, 3.8) is 0 Å². The SMILES string of the molecule is Cc1c(I)cccc1Nc1ccc(C(=O)O)nn1. The highest BCUT2D eigenvalue weighted by Gasteiger charge is 2.06. The van der Waals surface area contributed by atoms with E-state index in [4.69, 9.17) is 5.11 Å². The number of rotatable bonds is 3. The molecule has 0 saturated heterocycles. The van der Waals surface area contributed by atoms with E-state index in [1.54, 1.807) is 6.07 Å². The van der Waals surface area contributed by atoms with Gasteiger partial charge in [0.15, 0.2) is 11.5 Å². The number of aromatic nitrogens is 2. The molecule has 1 heterocycles. The van der Waals surface area contributed by atoms with Gasteiger partial charge in [-0.3, -0.25) is 0 Å². The minimum atomic E-state index is -1.08. The molecule has 1 aromatic heterocycles. The number of halogens is 1. The van der Waals surface area contributed by atoms with Gasteiger partial charge in [0.25, 0.3) is 0 Å². The van der Waals surface area contributed by atoms with Gasteiger partial charge in [-0.2, -0.15) is 0 Å². The van der Waals surface area contributed by atoms with Gasteiger partial charge in [0.05, 0.1) is 0 Å². The van der Waals surface area contributed by atoms with Crippen LogP contribution in [0, 0.1) is 10.5 Å². The average Bonchev–Trinajstić information content (AvgIpc) is 2.36. The molecule has 0 aliphatic heterocycles. The monoisotopic (exact) mass is 355 g/mol. The molecule has 0 aliphatic carbocycles. The van der Waals surface area contributed by atoms with Crippen LogP contribution in [0.3, 0.4) is 0 Å². The predicted molar refractivity (Wildman–Crippen MR) is 76.2 cm³/mol. The molecule has 92 valence electrons. The fourth-order valence-electron chi connectivity index (χ4n) is 1.39. The first-order chi connectivity index (χ1) is 8.58. The van der Waals surface area contributed by atoms with E-state index in [2.05, 4.69) is 38.1 Å². The van der Waals surface area contributed by atoms with Crippen molar-refractivity contribution in [1.29, 1.82) is 0 Å². The Labute approximate surface area is 117 Å². The Kier molecular flexibility index (Phi) is 3.75. The normalized spacial score (nSPS) is 10.1. The molecule has 0 fully saturated rings. The van der Waals surface area contributed by atoms with Crippen LogP contribution in [0.5, 0.6) is 0 Å². The molecule has 0 radical (unpaired) electrons. The number of carboxylic acid groups (broad SMARTS) is 1. The Balaban J connectivity index is 2.24. The summed E-state index contributed by atoms with van der Waals surface area (Å²) in [5.41, 5.74) is 1.97. The zero-order chi connectivity index (χ0) is 13.1. The molecule has 18 heavy (non-hydrogen) atoms. The quantitative estimate of drug-likeness (QED) is 0.829. The molecule has 5 nitrogen and oxygen atoms in total. The number of anilines is 2. The Morgan fingerprint density at radius 2 is 2.06 bits per heavy atom. The van der Waals surface area contributed by atoms with E-state index in [1.165, 1.54) is 6.07 Å². The van der Waals surface area contributed by atoms with Crippen LogP contribution < -0.4 is 5.32 Å². The highest BCUT2D eigenvalue weighted by molar-refractivity contribution is 14.1. The Hall–Kier alpha value is -1.70. The summed E-state index contributed by atoms with van der Waals surface area (Å²) in [6.45, 7) is 2.00. The van der Waals surface area contributed by atoms with Gasteiger partial charge in [-0.1, -0.05) is 6.07 Å². The highest BCUT2D eigenvalue weighted by Crippen LogP contribution is 2.22.